The highest BCUT2D eigenvalue weighted by atomic mass is 32.1. The van der Waals surface area contributed by atoms with Gasteiger partial charge in [0.25, 0.3) is 5.91 Å². The quantitative estimate of drug-likeness (QED) is 0.822. The average molecular weight is 309 g/mol. The maximum Gasteiger partial charge on any atom is 0.257 e. The van der Waals surface area contributed by atoms with Crippen molar-refractivity contribution in [3.63, 3.8) is 0 Å². The van der Waals surface area contributed by atoms with Crippen molar-refractivity contribution in [2.75, 3.05) is 25.5 Å². The van der Waals surface area contributed by atoms with Gasteiger partial charge in [-0.2, -0.15) is 0 Å². The molecule has 1 heterocycles. The van der Waals surface area contributed by atoms with Gasteiger partial charge in [0.15, 0.2) is 11.7 Å². The molecule has 0 fully saturated rings. The van der Waals surface area contributed by atoms with Gasteiger partial charge in [-0.3, -0.25) is 4.79 Å². The van der Waals surface area contributed by atoms with Crippen LogP contribution in [0.3, 0.4) is 0 Å². The van der Waals surface area contributed by atoms with E-state index in [0.29, 0.717) is 18.7 Å². The Bertz CT molecular complexity index is 586. The van der Waals surface area contributed by atoms with Crippen LogP contribution < -0.4 is 15.4 Å². The largest absolute Gasteiger partial charge is 0.484 e. The molecule has 21 heavy (non-hydrogen) atoms. The van der Waals surface area contributed by atoms with E-state index in [1.165, 1.54) is 35.6 Å². The van der Waals surface area contributed by atoms with Crippen molar-refractivity contribution in [2.45, 2.75) is 6.42 Å². The second-order valence-corrected chi connectivity index (χ2v) is 5.09. The lowest BCUT2D eigenvalue weighted by Crippen LogP contribution is -2.30. The molecule has 0 radical (unpaired) electrons. The highest BCUT2D eigenvalue weighted by molar-refractivity contribution is 7.13. The van der Waals surface area contributed by atoms with E-state index < -0.39 is 0 Å². The molecule has 0 saturated heterocycles. The molecule has 1 aromatic carbocycles. The number of hydrogen-bond acceptors (Lipinski definition) is 5. The molecule has 2 aromatic rings. The summed E-state index contributed by atoms with van der Waals surface area (Å²) in [4.78, 5) is 15.9. The van der Waals surface area contributed by atoms with E-state index in [1.54, 1.807) is 0 Å². The first-order valence-electron chi connectivity index (χ1n) is 6.44. The van der Waals surface area contributed by atoms with E-state index in [0.717, 1.165) is 10.8 Å². The number of nitrogens with zero attached hydrogens (tertiary/aromatic N) is 1. The molecule has 0 unspecified atom stereocenters. The minimum Gasteiger partial charge on any atom is -0.484 e. The van der Waals surface area contributed by atoms with Gasteiger partial charge in [-0.25, -0.2) is 9.37 Å². The molecule has 1 aromatic heterocycles. The maximum absolute atomic E-state index is 12.7. The topological polar surface area (TPSA) is 63.2 Å². The standard InChI is InChI=1S/C14H16FN3O2S/c1-16-14-18-11(9-21-14)6-7-17-13(19)8-20-12-4-2-10(15)3-5-12/h2-5,9H,6-8H2,1H3,(H,16,18)(H,17,19). The molecule has 0 bridgehead atoms. The van der Waals surface area contributed by atoms with Crippen LogP contribution in [0.5, 0.6) is 5.75 Å². The number of carbonyl (C=O) groups excluding carboxylic acids is 1. The minimum absolute atomic E-state index is 0.0928. The smallest absolute Gasteiger partial charge is 0.257 e. The zero-order chi connectivity index (χ0) is 15.1. The minimum atomic E-state index is -0.337. The molecule has 5 nitrogen and oxygen atoms in total. The summed E-state index contributed by atoms with van der Waals surface area (Å²) >= 11 is 1.53. The van der Waals surface area contributed by atoms with Crippen LogP contribution in [0.15, 0.2) is 29.6 Å². The fourth-order valence-electron chi connectivity index (χ4n) is 1.60. The van der Waals surface area contributed by atoms with E-state index in [9.17, 15) is 9.18 Å². The third-order valence-electron chi connectivity index (χ3n) is 2.65. The Morgan fingerprint density at radius 2 is 2.14 bits per heavy atom. The van der Waals surface area contributed by atoms with Gasteiger partial charge in [0, 0.05) is 25.4 Å². The van der Waals surface area contributed by atoms with Gasteiger partial charge in [-0.15, -0.1) is 11.3 Å². The zero-order valence-corrected chi connectivity index (χ0v) is 12.4. The predicted molar refractivity (Wildman–Crippen MR) is 80.3 cm³/mol. The van der Waals surface area contributed by atoms with Crippen molar-refractivity contribution in [1.29, 1.82) is 0 Å². The number of benzene rings is 1. The van der Waals surface area contributed by atoms with Crippen LogP contribution in [-0.4, -0.2) is 31.1 Å². The summed E-state index contributed by atoms with van der Waals surface area (Å²) < 4.78 is 17.9. The Balaban J connectivity index is 1.66. The third kappa shape index (κ3) is 5.03. The molecule has 0 spiro atoms. The summed E-state index contributed by atoms with van der Waals surface area (Å²) in [7, 11) is 1.82. The summed E-state index contributed by atoms with van der Waals surface area (Å²) in [6.07, 6.45) is 0.667. The summed E-state index contributed by atoms with van der Waals surface area (Å²) in [5.74, 6) is -0.0934. The molecule has 1 amide bonds. The number of anilines is 1. The summed E-state index contributed by atoms with van der Waals surface area (Å²) in [5.41, 5.74) is 0.934. The maximum atomic E-state index is 12.7. The first-order valence-corrected chi connectivity index (χ1v) is 7.32. The molecule has 0 aliphatic carbocycles. The number of carbonyl (C=O) groups is 1. The lowest BCUT2D eigenvalue weighted by molar-refractivity contribution is -0.123. The fraction of sp³-hybridized carbons (Fsp3) is 0.286. The van der Waals surface area contributed by atoms with E-state index >= 15 is 0 Å². The molecule has 2 N–H and O–H groups in total. The zero-order valence-electron chi connectivity index (χ0n) is 11.6. The number of aromatic nitrogens is 1. The Morgan fingerprint density at radius 1 is 1.38 bits per heavy atom. The Hall–Kier alpha value is -2.15. The van der Waals surface area contributed by atoms with Crippen LogP contribution >= 0.6 is 11.3 Å². The van der Waals surface area contributed by atoms with E-state index in [4.69, 9.17) is 4.74 Å². The van der Waals surface area contributed by atoms with Crippen LogP contribution in [0.1, 0.15) is 5.69 Å². The van der Waals surface area contributed by atoms with Crippen molar-refractivity contribution in [2.24, 2.45) is 0 Å². The van der Waals surface area contributed by atoms with Crippen molar-refractivity contribution in [3.8, 4) is 5.75 Å². The van der Waals surface area contributed by atoms with Crippen LogP contribution in [0.4, 0.5) is 9.52 Å². The average Bonchev–Trinajstić information content (AvgIpc) is 2.95. The normalized spacial score (nSPS) is 10.2. The fourth-order valence-corrected chi connectivity index (χ4v) is 2.30. The molecule has 2 rings (SSSR count). The van der Waals surface area contributed by atoms with Gasteiger partial charge in [0.1, 0.15) is 11.6 Å². The molecule has 0 aliphatic heterocycles. The number of halogens is 1. The number of ether oxygens (including phenoxy) is 1. The SMILES string of the molecule is CNc1nc(CCNC(=O)COc2ccc(F)cc2)cs1. The lowest BCUT2D eigenvalue weighted by atomic mass is 10.3. The van der Waals surface area contributed by atoms with Gasteiger partial charge in [0.2, 0.25) is 0 Å². The molecule has 112 valence electrons. The Labute approximate surface area is 126 Å². The van der Waals surface area contributed by atoms with Crippen molar-refractivity contribution in [1.82, 2.24) is 10.3 Å². The van der Waals surface area contributed by atoms with Gasteiger partial charge < -0.3 is 15.4 Å². The number of nitrogens with one attached hydrogen (secondary N) is 2. The van der Waals surface area contributed by atoms with Gasteiger partial charge in [-0.1, -0.05) is 0 Å². The second kappa shape index (κ2) is 7.58. The van der Waals surface area contributed by atoms with Crippen LogP contribution in [-0.2, 0) is 11.2 Å². The van der Waals surface area contributed by atoms with Crippen molar-refractivity contribution >= 4 is 22.4 Å². The van der Waals surface area contributed by atoms with Crippen molar-refractivity contribution < 1.29 is 13.9 Å². The van der Waals surface area contributed by atoms with Gasteiger partial charge in [0.05, 0.1) is 5.69 Å². The lowest BCUT2D eigenvalue weighted by Gasteiger charge is -2.06. The number of amides is 1. The highest BCUT2D eigenvalue weighted by Gasteiger charge is 2.04. The molecular formula is C14H16FN3O2S. The van der Waals surface area contributed by atoms with Crippen LogP contribution in [0, 0.1) is 5.82 Å². The summed E-state index contributed by atoms with van der Waals surface area (Å²) in [6.45, 7) is 0.406. The Morgan fingerprint density at radius 3 is 2.81 bits per heavy atom. The number of hydrogen-bond donors (Lipinski definition) is 2. The number of rotatable bonds is 7. The van der Waals surface area contributed by atoms with Crippen molar-refractivity contribution in [3.05, 3.63) is 41.2 Å². The summed E-state index contributed by atoms with van der Waals surface area (Å²) in [5, 5.41) is 8.52. The first-order chi connectivity index (χ1) is 10.2. The highest BCUT2D eigenvalue weighted by Crippen LogP contribution is 2.14. The molecule has 0 saturated carbocycles. The van der Waals surface area contributed by atoms with Crippen LogP contribution in [0.2, 0.25) is 0 Å². The second-order valence-electron chi connectivity index (χ2n) is 4.24. The predicted octanol–water partition coefficient (Wildman–Crippen LogP) is 2.06. The van der Waals surface area contributed by atoms with Gasteiger partial charge in [-0.05, 0) is 24.3 Å². The monoisotopic (exact) mass is 309 g/mol. The molecule has 0 aliphatic rings. The van der Waals surface area contributed by atoms with E-state index in [2.05, 4.69) is 15.6 Å². The molecule has 0 atom stereocenters. The van der Waals surface area contributed by atoms with Crippen LogP contribution in [0.25, 0.3) is 0 Å². The van der Waals surface area contributed by atoms with E-state index in [1.807, 2.05) is 12.4 Å². The van der Waals surface area contributed by atoms with Gasteiger partial charge >= 0.3 is 0 Å². The third-order valence-corrected chi connectivity index (χ3v) is 3.56. The van der Waals surface area contributed by atoms with E-state index in [-0.39, 0.29) is 18.3 Å². The summed E-state index contributed by atoms with van der Waals surface area (Å²) in [6, 6.07) is 5.54. The molecule has 7 heteroatoms. The number of thiazole rings is 1. The Kier molecular flexibility index (Phi) is 5.51. The first kappa shape index (κ1) is 15.2. The molecular weight excluding hydrogens is 293 g/mol.